The molecule has 6 nitrogen and oxygen atoms in total. The molecule has 2 aromatic rings. The van der Waals surface area contributed by atoms with Crippen molar-refractivity contribution in [2.75, 3.05) is 37.4 Å². The van der Waals surface area contributed by atoms with Crippen molar-refractivity contribution in [2.24, 2.45) is 0 Å². The summed E-state index contributed by atoms with van der Waals surface area (Å²) in [6.07, 6.45) is 0. The molecule has 25 heavy (non-hydrogen) atoms. The van der Waals surface area contributed by atoms with Crippen LogP contribution in [-0.2, 0) is 9.53 Å². The van der Waals surface area contributed by atoms with Gasteiger partial charge in [-0.15, -0.1) is 0 Å². The minimum Gasteiger partial charge on any atom is -0.383 e. The Kier molecular flexibility index (Phi) is 6.98. The summed E-state index contributed by atoms with van der Waals surface area (Å²) in [5.74, 6) is -0.324. The van der Waals surface area contributed by atoms with Crippen LogP contribution in [0.2, 0.25) is 0 Å². The van der Waals surface area contributed by atoms with E-state index in [1.165, 1.54) is 0 Å². The zero-order valence-corrected chi connectivity index (χ0v) is 14.5. The predicted octanol–water partition coefficient (Wildman–Crippen LogP) is 2.42. The Morgan fingerprint density at radius 1 is 1.04 bits per heavy atom. The molecular weight excluding hydrogens is 318 g/mol. The summed E-state index contributed by atoms with van der Waals surface area (Å²) in [5.41, 5.74) is 3.21. The number of hydrogen-bond donors (Lipinski definition) is 3. The van der Waals surface area contributed by atoms with Crippen molar-refractivity contribution in [3.05, 3.63) is 59.7 Å². The smallest absolute Gasteiger partial charge is 0.251 e. The number of aryl methyl sites for hydroxylation is 1. The number of ether oxygens (including phenoxy) is 1. The van der Waals surface area contributed by atoms with Crippen molar-refractivity contribution in [1.29, 1.82) is 0 Å². The number of anilines is 2. The second-order valence-corrected chi connectivity index (χ2v) is 5.60. The second-order valence-electron chi connectivity index (χ2n) is 5.60. The van der Waals surface area contributed by atoms with Gasteiger partial charge in [0.15, 0.2) is 0 Å². The maximum absolute atomic E-state index is 12.0. The summed E-state index contributed by atoms with van der Waals surface area (Å²) in [7, 11) is 1.58. The van der Waals surface area contributed by atoms with Gasteiger partial charge < -0.3 is 20.7 Å². The number of benzene rings is 2. The van der Waals surface area contributed by atoms with Crippen LogP contribution in [0.5, 0.6) is 0 Å². The van der Waals surface area contributed by atoms with E-state index in [0.29, 0.717) is 24.4 Å². The molecule has 3 N–H and O–H groups in total. The highest BCUT2D eigenvalue weighted by Crippen LogP contribution is 2.11. The van der Waals surface area contributed by atoms with Crippen LogP contribution in [-0.4, -0.2) is 38.6 Å². The lowest BCUT2D eigenvalue weighted by Gasteiger charge is -2.09. The first kappa shape index (κ1) is 18.5. The van der Waals surface area contributed by atoms with Crippen LogP contribution in [0.1, 0.15) is 15.9 Å². The molecule has 0 radical (unpaired) electrons. The summed E-state index contributed by atoms with van der Waals surface area (Å²) < 4.78 is 4.88. The van der Waals surface area contributed by atoms with E-state index in [1.54, 1.807) is 31.4 Å². The fourth-order valence-electron chi connectivity index (χ4n) is 2.22. The Balaban J connectivity index is 1.81. The number of carbonyl (C=O) groups excluding carboxylic acids is 2. The molecule has 0 aliphatic heterocycles. The maximum atomic E-state index is 12.0. The van der Waals surface area contributed by atoms with Gasteiger partial charge in [0, 0.05) is 30.6 Å². The fourth-order valence-corrected chi connectivity index (χ4v) is 2.22. The first-order valence-corrected chi connectivity index (χ1v) is 8.06. The van der Waals surface area contributed by atoms with Crippen LogP contribution >= 0.6 is 0 Å². The van der Waals surface area contributed by atoms with Crippen LogP contribution in [0.15, 0.2) is 48.5 Å². The second kappa shape index (κ2) is 9.44. The number of carbonyl (C=O) groups is 2. The van der Waals surface area contributed by atoms with Crippen LogP contribution in [0.3, 0.4) is 0 Å². The van der Waals surface area contributed by atoms with Crippen molar-refractivity contribution in [2.45, 2.75) is 6.92 Å². The quantitative estimate of drug-likeness (QED) is 0.644. The van der Waals surface area contributed by atoms with Crippen molar-refractivity contribution in [1.82, 2.24) is 5.32 Å². The Labute approximate surface area is 147 Å². The van der Waals surface area contributed by atoms with Gasteiger partial charge in [-0.05, 0) is 48.9 Å². The molecule has 0 heterocycles. The summed E-state index contributed by atoms with van der Waals surface area (Å²) in [5, 5.41) is 8.61. The third-order valence-corrected chi connectivity index (χ3v) is 3.49. The lowest BCUT2D eigenvalue weighted by atomic mass is 10.2. The molecule has 6 heteroatoms. The fraction of sp³-hybridized carbons (Fsp3) is 0.263. The Morgan fingerprint density at radius 3 is 2.48 bits per heavy atom. The highest BCUT2D eigenvalue weighted by Gasteiger charge is 2.06. The highest BCUT2D eigenvalue weighted by molar-refractivity contribution is 5.96. The van der Waals surface area contributed by atoms with E-state index in [0.717, 1.165) is 11.3 Å². The lowest BCUT2D eigenvalue weighted by Crippen LogP contribution is -2.27. The number of amides is 2. The van der Waals surface area contributed by atoms with E-state index < -0.39 is 0 Å². The summed E-state index contributed by atoms with van der Waals surface area (Å²) in [6, 6.07) is 14.6. The largest absolute Gasteiger partial charge is 0.383 e. The third-order valence-electron chi connectivity index (χ3n) is 3.49. The summed E-state index contributed by atoms with van der Waals surface area (Å²) in [6.45, 7) is 3.09. The van der Waals surface area contributed by atoms with Crippen molar-refractivity contribution in [3.63, 3.8) is 0 Å². The molecule has 2 amide bonds. The number of nitrogens with one attached hydrogen (secondary N) is 3. The zero-order chi connectivity index (χ0) is 18.1. The molecule has 0 saturated heterocycles. The van der Waals surface area contributed by atoms with Crippen LogP contribution in [0, 0.1) is 6.92 Å². The van der Waals surface area contributed by atoms with Gasteiger partial charge in [-0.1, -0.05) is 12.1 Å². The van der Waals surface area contributed by atoms with Crippen LogP contribution in [0.4, 0.5) is 11.4 Å². The molecule has 0 fully saturated rings. The molecule has 0 saturated carbocycles. The average Bonchev–Trinajstić information content (AvgIpc) is 2.61. The molecule has 0 atom stereocenters. The Bertz CT molecular complexity index is 714. The van der Waals surface area contributed by atoms with Gasteiger partial charge in [0.2, 0.25) is 5.91 Å². The van der Waals surface area contributed by atoms with E-state index in [-0.39, 0.29) is 18.4 Å². The molecule has 132 valence electrons. The topological polar surface area (TPSA) is 79.5 Å². The van der Waals surface area contributed by atoms with Gasteiger partial charge in [0.05, 0.1) is 13.2 Å². The first-order valence-electron chi connectivity index (χ1n) is 8.06. The van der Waals surface area contributed by atoms with E-state index in [4.69, 9.17) is 4.74 Å². The maximum Gasteiger partial charge on any atom is 0.251 e. The van der Waals surface area contributed by atoms with Gasteiger partial charge in [0.1, 0.15) is 0 Å². The van der Waals surface area contributed by atoms with Gasteiger partial charge in [-0.3, -0.25) is 9.59 Å². The zero-order valence-electron chi connectivity index (χ0n) is 14.5. The van der Waals surface area contributed by atoms with Gasteiger partial charge in [-0.25, -0.2) is 0 Å². The van der Waals surface area contributed by atoms with Gasteiger partial charge >= 0.3 is 0 Å². The highest BCUT2D eigenvalue weighted by atomic mass is 16.5. The minimum absolute atomic E-state index is 0.154. The molecule has 0 spiro atoms. The van der Waals surface area contributed by atoms with Crippen LogP contribution in [0.25, 0.3) is 0 Å². The molecule has 0 aliphatic carbocycles. The first-order chi connectivity index (χ1) is 12.1. The number of rotatable bonds is 8. The minimum atomic E-state index is -0.170. The third kappa shape index (κ3) is 6.27. The molecule has 2 aromatic carbocycles. The number of methoxy groups -OCH3 is 1. The van der Waals surface area contributed by atoms with Crippen molar-refractivity contribution < 1.29 is 14.3 Å². The van der Waals surface area contributed by atoms with Crippen LogP contribution < -0.4 is 16.0 Å². The van der Waals surface area contributed by atoms with Crippen molar-refractivity contribution in [3.8, 4) is 0 Å². The molecular formula is C19H23N3O3. The van der Waals surface area contributed by atoms with E-state index >= 15 is 0 Å². The number of hydrogen-bond acceptors (Lipinski definition) is 4. The molecule has 0 bridgehead atoms. The van der Waals surface area contributed by atoms with E-state index in [1.807, 2.05) is 31.2 Å². The Morgan fingerprint density at radius 2 is 1.80 bits per heavy atom. The van der Waals surface area contributed by atoms with Gasteiger partial charge in [-0.2, -0.15) is 0 Å². The van der Waals surface area contributed by atoms with Gasteiger partial charge in [0.25, 0.3) is 5.91 Å². The lowest BCUT2D eigenvalue weighted by molar-refractivity contribution is -0.114. The Hall–Kier alpha value is -2.86. The normalized spacial score (nSPS) is 10.2. The average molecular weight is 341 g/mol. The van der Waals surface area contributed by atoms with E-state index in [2.05, 4.69) is 16.0 Å². The van der Waals surface area contributed by atoms with Crippen molar-refractivity contribution >= 4 is 23.2 Å². The monoisotopic (exact) mass is 341 g/mol. The predicted molar refractivity (Wildman–Crippen MR) is 98.9 cm³/mol. The molecule has 0 aliphatic rings. The SMILES string of the molecule is COCCNC(=O)c1ccc(NC(=O)CNc2cccc(C)c2)cc1. The molecule has 2 rings (SSSR count). The molecule has 0 unspecified atom stereocenters. The van der Waals surface area contributed by atoms with E-state index in [9.17, 15) is 9.59 Å². The summed E-state index contributed by atoms with van der Waals surface area (Å²) >= 11 is 0. The molecule has 0 aromatic heterocycles. The standard InChI is InChI=1S/C19H23N3O3/c1-14-4-3-5-17(12-14)21-13-18(23)22-16-8-6-15(7-9-16)19(24)20-10-11-25-2/h3-9,12,21H,10-11,13H2,1-2H3,(H,20,24)(H,22,23). The summed E-state index contributed by atoms with van der Waals surface area (Å²) in [4.78, 5) is 23.9.